The van der Waals surface area contributed by atoms with E-state index in [0.717, 1.165) is 40.6 Å². The molecule has 4 rings (SSSR count). The van der Waals surface area contributed by atoms with Gasteiger partial charge in [0.15, 0.2) is 9.84 Å². The fraction of sp³-hybridized carbons (Fsp3) is 0.217. The summed E-state index contributed by atoms with van der Waals surface area (Å²) in [5, 5.41) is 0. The molecule has 10 heteroatoms. The van der Waals surface area contributed by atoms with Crippen molar-refractivity contribution in [2.24, 2.45) is 0 Å². The first-order chi connectivity index (χ1) is 15.4. The van der Waals surface area contributed by atoms with Gasteiger partial charge in [0, 0.05) is 19.3 Å². The van der Waals surface area contributed by atoms with Crippen LogP contribution in [0.2, 0.25) is 0 Å². The van der Waals surface area contributed by atoms with Gasteiger partial charge in [0.25, 0.3) is 0 Å². The Kier molecular flexibility index (Phi) is 5.88. The second kappa shape index (κ2) is 8.27. The first-order valence-corrected chi connectivity index (χ1v) is 13.3. The molecule has 0 aliphatic carbocycles. The van der Waals surface area contributed by atoms with Crippen molar-refractivity contribution in [1.82, 2.24) is 4.31 Å². The zero-order chi connectivity index (χ0) is 24.0. The van der Waals surface area contributed by atoms with Crippen molar-refractivity contribution in [3.63, 3.8) is 0 Å². The van der Waals surface area contributed by atoms with Crippen LogP contribution in [0.15, 0.2) is 76.5 Å². The van der Waals surface area contributed by atoms with Crippen molar-refractivity contribution in [2.75, 3.05) is 12.8 Å². The number of sulfone groups is 1. The molecular formula is C23H20F3NO4S2. The lowest BCUT2D eigenvalue weighted by atomic mass is 9.95. The molecule has 33 heavy (non-hydrogen) atoms. The minimum atomic E-state index is -4.63. The first kappa shape index (κ1) is 23.5. The van der Waals surface area contributed by atoms with Gasteiger partial charge in [-0.2, -0.15) is 17.5 Å². The van der Waals surface area contributed by atoms with Crippen LogP contribution in [0.5, 0.6) is 0 Å². The van der Waals surface area contributed by atoms with Gasteiger partial charge in [-0.15, -0.1) is 0 Å². The fourth-order valence-electron chi connectivity index (χ4n) is 3.79. The van der Waals surface area contributed by atoms with E-state index < -0.39 is 31.6 Å². The molecule has 0 spiro atoms. The molecule has 1 heterocycles. The molecule has 1 aliphatic rings. The highest BCUT2D eigenvalue weighted by atomic mass is 32.2. The maximum Gasteiger partial charge on any atom is 0.416 e. The normalized spacial score (nSPS) is 15.3. The van der Waals surface area contributed by atoms with E-state index in [4.69, 9.17) is 0 Å². The van der Waals surface area contributed by atoms with E-state index >= 15 is 0 Å². The number of nitrogens with zero attached hydrogens (tertiary/aromatic N) is 1. The molecule has 0 bridgehead atoms. The molecule has 0 fully saturated rings. The Labute approximate surface area is 190 Å². The number of sulfonamides is 1. The molecule has 0 amide bonds. The summed E-state index contributed by atoms with van der Waals surface area (Å²) >= 11 is 0. The summed E-state index contributed by atoms with van der Waals surface area (Å²) in [4.78, 5) is -0.164. The predicted molar refractivity (Wildman–Crippen MR) is 118 cm³/mol. The van der Waals surface area contributed by atoms with Crippen LogP contribution < -0.4 is 0 Å². The molecule has 0 N–H and O–H groups in total. The zero-order valence-electron chi connectivity index (χ0n) is 17.5. The van der Waals surface area contributed by atoms with E-state index in [1.54, 1.807) is 18.2 Å². The molecule has 0 unspecified atom stereocenters. The maximum atomic E-state index is 13.0. The number of benzene rings is 3. The van der Waals surface area contributed by atoms with E-state index in [1.807, 2.05) is 12.1 Å². The fourth-order valence-corrected chi connectivity index (χ4v) is 5.88. The number of rotatable bonds is 4. The van der Waals surface area contributed by atoms with Gasteiger partial charge in [0.1, 0.15) is 0 Å². The van der Waals surface area contributed by atoms with Gasteiger partial charge in [-0.1, -0.05) is 36.4 Å². The van der Waals surface area contributed by atoms with Crippen LogP contribution in [-0.2, 0) is 39.0 Å². The van der Waals surface area contributed by atoms with Gasteiger partial charge < -0.3 is 0 Å². The summed E-state index contributed by atoms with van der Waals surface area (Å²) < 4.78 is 89.5. The number of hydrogen-bond acceptors (Lipinski definition) is 4. The zero-order valence-corrected chi connectivity index (χ0v) is 19.1. The summed E-state index contributed by atoms with van der Waals surface area (Å²) in [6.45, 7) is 0.198. The highest BCUT2D eigenvalue weighted by Gasteiger charge is 2.34. The Hall–Kier alpha value is -2.69. The number of hydrogen-bond donors (Lipinski definition) is 0. The lowest BCUT2D eigenvalue weighted by molar-refractivity contribution is -0.137. The SMILES string of the molecule is CS(=O)(=O)c1ccc(-c2ccc3c(c2)CCN(S(=O)(=O)c2cccc(C(F)(F)F)c2)C3)cc1. The number of halogens is 3. The Balaban J connectivity index is 1.59. The molecular weight excluding hydrogens is 475 g/mol. The third-order valence-electron chi connectivity index (χ3n) is 5.60. The topological polar surface area (TPSA) is 71.5 Å². The second-order valence-electron chi connectivity index (χ2n) is 7.89. The molecule has 0 saturated heterocycles. The Bertz CT molecular complexity index is 1410. The largest absolute Gasteiger partial charge is 0.416 e. The lowest BCUT2D eigenvalue weighted by Gasteiger charge is -2.28. The number of fused-ring (bicyclic) bond motifs is 1. The van der Waals surface area contributed by atoms with Crippen molar-refractivity contribution >= 4 is 19.9 Å². The summed E-state index contributed by atoms with van der Waals surface area (Å²) in [7, 11) is -7.39. The third-order valence-corrected chi connectivity index (χ3v) is 8.57. The summed E-state index contributed by atoms with van der Waals surface area (Å²) in [5.74, 6) is 0. The maximum absolute atomic E-state index is 13.0. The highest BCUT2D eigenvalue weighted by Crippen LogP contribution is 2.33. The quantitative estimate of drug-likeness (QED) is 0.534. The van der Waals surface area contributed by atoms with Gasteiger partial charge in [0.2, 0.25) is 10.0 Å². The van der Waals surface area contributed by atoms with Crippen LogP contribution in [-0.4, -0.2) is 33.9 Å². The molecule has 174 valence electrons. The van der Waals surface area contributed by atoms with Gasteiger partial charge in [-0.25, -0.2) is 16.8 Å². The Morgan fingerprint density at radius 2 is 1.45 bits per heavy atom. The Morgan fingerprint density at radius 1 is 0.788 bits per heavy atom. The summed E-state index contributed by atoms with van der Waals surface area (Å²) in [6, 6.07) is 15.8. The van der Waals surface area contributed by atoms with Gasteiger partial charge >= 0.3 is 6.18 Å². The Morgan fingerprint density at radius 3 is 2.09 bits per heavy atom. The summed E-state index contributed by atoms with van der Waals surface area (Å²) in [6.07, 6.45) is -3.08. The number of alkyl halides is 3. The van der Waals surface area contributed by atoms with Crippen LogP contribution in [0.3, 0.4) is 0 Å². The van der Waals surface area contributed by atoms with Gasteiger partial charge in [0.05, 0.1) is 15.4 Å². The average Bonchev–Trinajstić information content (AvgIpc) is 2.77. The molecule has 3 aromatic rings. The van der Waals surface area contributed by atoms with E-state index in [2.05, 4.69) is 0 Å². The van der Waals surface area contributed by atoms with Gasteiger partial charge in [-0.05, 0) is 59.0 Å². The minimum Gasteiger partial charge on any atom is -0.224 e. The van der Waals surface area contributed by atoms with E-state index in [1.165, 1.54) is 22.5 Å². The van der Waals surface area contributed by atoms with Crippen LogP contribution in [0, 0.1) is 0 Å². The van der Waals surface area contributed by atoms with Crippen molar-refractivity contribution in [3.8, 4) is 11.1 Å². The van der Waals surface area contributed by atoms with Crippen molar-refractivity contribution in [1.29, 1.82) is 0 Å². The standard InChI is InChI=1S/C23H20F3NO4S2/c1-32(28,29)21-9-7-16(8-10-21)17-5-6-19-15-27(12-11-18(19)13-17)33(30,31)22-4-2-3-20(14-22)23(24,25)26/h2-10,13-14H,11-12,15H2,1H3. The smallest absolute Gasteiger partial charge is 0.224 e. The van der Waals surface area contributed by atoms with Crippen LogP contribution in [0.1, 0.15) is 16.7 Å². The molecule has 0 atom stereocenters. The minimum absolute atomic E-state index is 0.0568. The van der Waals surface area contributed by atoms with E-state index in [0.29, 0.717) is 12.5 Å². The monoisotopic (exact) mass is 495 g/mol. The van der Waals surface area contributed by atoms with Crippen LogP contribution in [0.25, 0.3) is 11.1 Å². The molecule has 5 nitrogen and oxygen atoms in total. The molecule has 0 aromatic heterocycles. The first-order valence-electron chi connectivity index (χ1n) is 9.95. The second-order valence-corrected chi connectivity index (χ2v) is 11.8. The lowest BCUT2D eigenvalue weighted by Crippen LogP contribution is -2.36. The van der Waals surface area contributed by atoms with Crippen molar-refractivity contribution in [3.05, 3.63) is 83.4 Å². The molecule has 3 aromatic carbocycles. The average molecular weight is 496 g/mol. The van der Waals surface area contributed by atoms with Gasteiger partial charge in [-0.3, -0.25) is 0 Å². The predicted octanol–water partition coefficient (Wildman–Crippen LogP) is 4.52. The molecule has 1 aliphatic heterocycles. The van der Waals surface area contributed by atoms with Crippen LogP contribution >= 0.6 is 0 Å². The highest BCUT2D eigenvalue weighted by molar-refractivity contribution is 7.90. The summed E-state index contributed by atoms with van der Waals surface area (Å²) in [5.41, 5.74) is 2.39. The van der Waals surface area contributed by atoms with E-state index in [9.17, 15) is 30.0 Å². The van der Waals surface area contributed by atoms with Crippen molar-refractivity contribution < 1.29 is 30.0 Å². The molecule has 0 saturated carbocycles. The van der Waals surface area contributed by atoms with E-state index in [-0.39, 0.29) is 22.9 Å². The third kappa shape index (κ3) is 4.83. The van der Waals surface area contributed by atoms with Crippen molar-refractivity contribution in [2.45, 2.75) is 28.9 Å². The van der Waals surface area contributed by atoms with Crippen LogP contribution in [0.4, 0.5) is 13.2 Å². The molecule has 0 radical (unpaired) electrons.